The van der Waals surface area contributed by atoms with Crippen LogP contribution in [0, 0.1) is 13.7 Å². The number of amides is 4. The lowest BCUT2D eigenvalue weighted by Gasteiger charge is -2.15. The van der Waals surface area contributed by atoms with E-state index in [9.17, 15) is 24.5 Å². The zero-order chi connectivity index (χ0) is 29.5. The molecule has 41 heavy (non-hydrogen) atoms. The Bertz CT molecular complexity index is 1520. The van der Waals surface area contributed by atoms with Crippen LogP contribution in [0.2, 0.25) is 0 Å². The topological polar surface area (TPSA) is 149 Å². The monoisotopic (exact) mass is 672 g/mol. The van der Waals surface area contributed by atoms with Gasteiger partial charge in [-0.3, -0.25) is 19.7 Å². The smallest absolute Gasteiger partial charge is 0.329 e. The van der Waals surface area contributed by atoms with E-state index in [1.165, 1.54) is 25.3 Å². The van der Waals surface area contributed by atoms with Crippen LogP contribution in [0.4, 0.5) is 16.2 Å². The van der Waals surface area contributed by atoms with E-state index in [4.69, 9.17) is 14.2 Å². The van der Waals surface area contributed by atoms with E-state index in [1.54, 1.807) is 48.5 Å². The molecule has 1 saturated heterocycles. The molecule has 1 aliphatic rings. The van der Waals surface area contributed by atoms with Gasteiger partial charge in [0.2, 0.25) is 5.91 Å². The Kier molecular flexibility index (Phi) is 9.39. The molecule has 1 heterocycles. The molecular formula is C28H25IN4O8. The number of benzene rings is 3. The van der Waals surface area contributed by atoms with Gasteiger partial charge in [-0.05, 0) is 83.1 Å². The summed E-state index contributed by atoms with van der Waals surface area (Å²) in [7, 11) is 1.47. The van der Waals surface area contributed by atoms with Gasteiger partial charge in [0.05, 0.1) is 27.9 Å². The molecule has 4 rings (SSSR count). The number of non-ortho nitro benzene ring substituents is 1. The molecule has 0 saturated carbocycles. The second-order valence-electron chi connectivity index (χ2n) is 8.60. The normalized spacial score (nSPS) is 13.6. The van der Waals surface area contributed by atoms with Gasteiger partial charge in [0.1, 0.15) is 24.6 Å². The molecule has 0 radical (unpaired) electrons. The number of imide groups is 1. The minimum atomic E-state index is -0.723. The maximum Gasteiger partial charge on any atom is 0.329 e. The predicted octanol–water partition coefficient (Wildman–Crippen LogP) is 4.72. The fraction of sp³-hybridized carbons (Fsp3) is 0.179. The summed E-state index contributed by atoms with van der Waals surface area (Å²) < 4.78 is 17.6. The van der Waals surface area contributed by atoms with E-state index in [0.29, 0.717) is 38.7 Å². The van der Waals surface area contributed by atoms with Gasteiger partial charge in [-0.1, -0.05) is 12.1 Å². The number of rotatable bonds is 11. The number of nitro benzene ring substituents is 1. The van der Waals surface area contributed by atoms with E-state index < -0.39 is 29.3 Å². The highest BCUT2D eigenvalue weighted by Crippen LogP contribution is 2.36. The number of hydrogen-bond donors (Lipinski definition) is 2. The first-order chi connectivity index (χ1) is 19.7. The lowest BCUT2D eigenvalue weighted by Crippen LogP contribution is -2.38. The van der Waals surface area contributed by atoms with Crippen molar-refractivity contribution in [2.75, 3.05) is 25.6 Å². The molecule has 0 bridgehead atoms. The third-order valence-electron chi connectivity index (χ3n) is 5.82. The summed E-state index contributed by atoms with van der Waals surface area (Å²) in [4.78, 5) is 49.3. The summed E-state index contributed by atoms with van der Waals surface area (Å²) in [5.74, 6) is 0.0967. The summed E-state index contributed by atoms with van der Waals surface area (Å²) in [5.41, 5.74) is 1.69. The number of para-hydroxylation sites is 2. The molecule has 1 fully saturated rings. The molecule has 12 nitrogen and oxygen atoms in total. The van der Waals surface area contributed by atoms with E-state index in [1.807, 2.05) is 6.92 Å². The van der Waals surface area contributed by atoms with Crippen molar-refractivity contribution < 1.29 is 33.5 Å². The number of urea groups is 1. The van der Waals surface area contributed by atoms with Crippen LogP contribution in [0.15, 0.2) is 66.4 Å². The standard InChI is InChI=1S/C28H25IN4O8/c1-3-40-24-14-18(12-20(29)26(24)41-16-17-8-10-19(11-9-17)33(37)38)13-22-27(35)32(28(36)31-22)15-25(34)30-21-6-4-5-7-23(21)39-2/h4-14H,3,15-16H2,1-2H3,(H,30,34)(H,31,36)/b22-13+. The van der Waals surface area contributed by atoms with Gasteiger partial charge in [0.25, 0.3) is 11.6 Å². The van der Waals surface area contributed by atoms with Crippen LogP contribution in [-0.4, -0.2) is 47.9 Å². The molecule has 2 N–H and O–H groups in total. The summed E-state index contributed by atoms with van der Waals surface area (Å²) in [5, 5.41) is 16.0. The molecule has 0 aromatic heterocycles. The van der Waals surface area contributed by atoms with Crippen molar-refractivity contribution in [3.05, 3.63) is 91.2 Å². The molecule has 13 heteroatoms. The van der Waals surface area contributed by atoms with Crippen LogP contribution in [0.3, 0.4) is 0 Å². The number of hydrogen-bond acceptors (Lipinski definition) is 8. The van der Waals surface area contributed by atoms with E-state index in [0.717, 1.165) is 10.5 Å². The summed E-state index contributed by atoms with van der Waals surface area (Å²) >= 11 is 2.07. The zero-order valence-corrected chi connectivity index (χ0v) is 24.2. The Hall–Kier alpha value is -4.66. The second-order valence-corrected chi connectivity index (χ2v) is 9.77. The largest absolute Gasteiger partial charge is 0.495 e. The van der Waals surface area contributed by atoms with Crippen LogP contribution < -0.4 is 24.8 Å². The average molecular weight is 672 g/mol. The molecule has 3 aromatic rings. The number of nitrogens with one attached hydrogen (secondary N) is 2. The molecule has 212 valence electrons. The second kappa shape index (κ2) is 13.1. The first-order valence-corrected chi connectivity index (χ1v) is 13.4. The van der Waals surface area contributed by atoms with Gasteiger partial charge in [-0.15, -0.1) is 0 Å². The highest BCUT2D eigenvalue weighted by Gasteiger charge is 2.35. The maximum atomic E-state index is 13.0. The lowest BCUT2D eigenvalue weighted by molar-refractivity contribution is -0.384. The first kappa shape index (κ1) is 29.3. The van der Waals surface area contributed by atoms with Gasteiger partial charge in [0, 0.05) is 12.1 Å². The number of carbonyl (C=O) groups excluding carboxylic acids is 3. The summed E-state index contributed by atoms with van der Waals surface area (Å²) in [6, 6.07) is 15.5. The van der Waals surface area contributed by atoms with Crippen molar-refractivity contribution in [3.63, 3.8) is 0 Å². The number of nitrogens with zero attached hydrogens (tertiary/aromatic N) is 2. The van der Waals surface area contributed by atoms with Crippen molar-refractivity contribution in [2.45, 2.75) is 13.5 Å². The van der Waals surface area contributed by atoms with Gasteiger partial charge in [-0.2, -0.15) is 0 Å². The molecule has 3 aromatic carbocycles. The molecular weight excluding hydrogens is 647 g/mol. The molecule has 0 aliphatic carbocycles. The highest BCUT2D eigenvalue weighted by atomic mass is 127. The van der Waals surface area contributed by atoms with Crippen molar-refractivity contribution in [2.24, 2.45) is 0 Å². The van der Waals surface area contributed by atoms with E-state index in [2.05, 4.69) is 33.2 Å². The summed E-state index contributed by atoms with van der Waals surface area (Å²) in [6.45, 7) is 1.81. The Morgan fingerprint density at radius 2 is 1.83 bits per heavy atom. The van der Waals surface area contributed by atoms with Crippen molar-refractivity contribution in [1.82, 2.24) is 10.2 Å². The van der Waals surface area contributed by atoms with Crippen molar-refractivity contribution >= 4 is 57.9 Å². The quantitative estimate of drug-likeness (QED) is 0.0978. The Balaban J connectivity index is 1.48. The molecule has 0 atom stereocenters. The van der Waals surface area contributed by atoms with Crippen LogP contribution in [0.5, 0.6) is 17.2 Å². The average Bonchev–Trinajstić information content (AvgIpc) is 3.20. The molecule has 0 unspecified atom stereocenters. The summed E-state index contributed by atoms with van der Waals surface area (Å²) in [6.07, 6.45) is 1.49. The predicted molar refractivity (Wildman–Crippen MR) is 158 cm³/mol. The molecule has 4 amide bonds. The van der Waals surface area contributed by atoms with Gasteiger partial charge in [-0.25, -0.2) is 9.69 Å². The zero-order valence-electron chi connectivity index (χ0n) is 22.0. The number of ether oxygens (including phenoxy) is 3. The number of carbonyl (C=O) groups is 3. The van der Waals surface area contributed by atoms with Gasteiger partial charge < -0.3 is 24.8 Å². The van der Waals surface area contributed by atoms with Crippen molar-refractivity contribution in [1.29, 1.82) is 0 Å². The first-order valence-electron chi connectivity index (χ1n) is 12.3. The molecule has 1 aliphatic heterocycles. The van der Waals surface area contributed by atoms with Crippen LogP contribution in [0.1, 0.15) is 18.1 Å². The minimum Gasteiger partial charge on any atom is -0.495 e. The third-order valence-corrected chi connectivity index (χ3v) is 6.62. The fourth-order valence-electron chi connectivity index (χ4n) is 3.91. The van der Waals surface area contributed by atoms with Crippen LogP contribution in [0.25, 0.3) is 6.08 Å². The molecule has 0 spiro atoms. The fourth-order valence-corrected chi connectivity index (χ4v) is 4.69. The van der Waals surface area contributed by atoms with Crippen molar-refractivity contribution in [3.8, 4) is 17.2 Å². The van der Waals surface area contributed by atoms with Gasteiger partial charge in [0.15, 0.2) is 11.5 Å². The number of halogens is 1. The SMILES string of the molecule is CCOc1cc(/C=C2/NC(=O)N(CC(=O)Nc3ccccc3OC)C2=O)cc(I)c1OCc1ccc([N+](=O)[O-])cc1. The van der Waals surface area contributed by atoms with Gasteiger partial charge >= 0.3 is 6.03 Å². The Morgan fingerprint density at radius 1 is 1.10 bits per heavy atom. The van der Waals surface area contributed by atoms with E-state index in [-0.39, 0.29) is 18.0 Å². The number of methoxy groups -OCH3 is 1. The Labute approximate surface area is 248 Å². The maximum absolute atomic E-state index is 13.0. The number of nitro groups is 1. The number of anilines is 1. The van der Waals surface area contributed by atoms with E-state index >= 15 is 0 Å². The highest BCUT2D eigenvalue weighted by molar-refractivity contribution is 14.1. The van der Waals surface area contributed by atoms with Crippen LogP contribution in [-0.2, 0) is 16.2 Å². The lowest BCUT2D eigenvalue weighted by atomic mass is 10.1. The third kappa shape index (κ3) is 7.11. The van der Waals surface area contributed by atoms with Crippen LogP contribution >= 0.6 is 22.6 Å². The minimum absolute atomic E-state index is 0.00196. The Morgan fingerprint density at radius 3 is 2.51 bits per heavy atom.